The fourth-order valence-electron chi connectivity index (χ4n) is 4.79. The lowest BCUT2D eigenvalue weighted by Gasteiger charge is -2.48. The number of carbonyl (C=O) groups excluding carboxylic acids is 3. The van der Waals surface area contributed by atoms with E-state index in [1.807, 2.05) is 19.1 Å². The number of para-hydroxylation sites is 1. The number of hydrogen-bond acceptors (Lipinski definition) is 3. The molecule has 2 aliphatic heterocycles. The Morgan fingerprint density at radius 2 is 1.93 bits per heavy atom. The number of nitrogens with zero attached hydrogens (tertiary/aromatic N) is 2. The average Bonchev–Trinajstić information content (AvgIpc) is 3.00. The highest BCUT2D eigenvalue weighted by molar-refractivity contribution is 6.11. The molecule has 1 atom stereocenters. The molecule has 0 aromatic heterocycles. The van der Waals surface area contributed by atoms with Crippen molar-refractivity contribution in [3.05, 3.63) is 29.8 Å². The minimum atomic E-state index is -0.773. The van der Waals surface area contributed by atoms with Crippen LogP contribution in [0.4, 0.5) is 5.69 Å². The average molecular weight is 369 g/mol. The first-order chi connectivity index (χ1) is 13.0. The van der Waals surface area contributed by atoms with E-state index in [0.29, 0.717) is 36.6 Å². The molecule has 2 fully saturated rings. The van der Waals surface area contributed by atoms with Crippen molar-refractivity contribution in [2.75, 3.05) is 18.0 Å². The first kappa shape index (κ1) is 18.0. The Bertz CT molecular complexity index is 772. The predicted octanol–water partition coefficient (Wildman–Crippen LogP) is 2.68. The van der Waals surface area contributed by atoms with Gasteiger partial charge in [0.1, 0.15) is 12.2 Å². The Morgan fingerprint density at radius 1 is 1.19 bits per heavy atom. The van der Waals surface area contributed by atoms with Crippen LogP contribution in [0.1, 0.15) is 62.2 Å². The van der Waals surface area contributed by atoms with E-state index in [0.717, 1.165) is 12.8 Å². The van der Waals surface area contributed by atoms with E-state index in [2.05, 4.69) is 5.32 Å². The van der Waals surface area contributed by atoms with Gasteiger partial charge in [-0.2, -0.15) is 0 Å². The van der Waals surface area contributed by atoms with E-state index in [-0.39, 0.29) is 24.3 Å². The fraction of sp³-hybridized carbons (Fsp3) is 0.571. The minimum absolute atomic E-state index is 0.00469. The van der Waals surface area contributed by atoms with Crippen molar-refractivity contribution in [1.29, 1.82) is 0 Å². The molecule has 6 nitrogen and oxygen atoms in total. The maximum Gasteiger partial charge on any atom is 0.258 e. The van der Waals surface area contributed by atoms with Gasteiger partial charge in [-0.1, -0.05) is 31.4 Å². The van der Waals surface area contributed by atoms with Gasteiger partial charge in [0.25, 0.3) is 5.91 Å². The molecule has 0 radical (unpaired) electrons. The van der Waals surface area contributed by atoms with Crippen LogP contribution in [0.5, 0.6) is 0 Å². The van der Waals surface area contributed by atoms with Gasteiger partial charge in [0.15, 0.2) is 0 Å². The number of rotatable bonds is 4. The standard InChI is InChI=1S/C21H27N3O3/c1-21-12-11-19(26)24(21)17-10-6-5-9-16(17)20(27)23(21)14-18(25)22-13-15-7-3-2-4-8-15/h5-6,9-10,15H,2-4,7-8,11-14H2,1H3,(H,22,25). The summed E-state index contributed by atoms with van der Waals surface area (Å²) in [4.78, 5) is 41.6. The molecular formula is C21H27N3O3. The summed E-state index contributed by atoms with van der Waals surface area (Å²) in [5.74, 6) is 0.228. The summed E-state index contributed by atoms with van der Waals surface area (Å²) in [5, 5.41) is 3.02. The van der Waals surface area contributed by atoms with Crippen LogP contribution in [0, 0.1) is 5.92 Å². The zero-order chi connectivity index (χ0) is 19.0. The van der Waals surface area contributed by atoms with Crippen LogP contribution in [-0.2, 0) is 9.59 Å². The first-order valence-electron chi connectivity index (χ1n) is 10.0. The van der Waals surface area contributed by atoms with Crippen LogP contribution in [-0.4, -0.2) is 41.4 Å². The molecule has 0 bridgehead atoms. The van der Waals surface area contributed by atoms with Gasteiger partial charge in [-0.25, -0.2) is 0 Å². The predicted molar refractivity (Wildman–Crippen MR) is 102 cm³/mol. The third kappa shape index (κ3) is 3.11. The Hall–Kier alpha value is -2.37. The van der Waals surface area contributed by atoms with Gasteiger partial charge in [0.05, 0.1) is 11.3 Å². The number of benzene rings is 1. The summed E-state index contributed by atoms with van der Waals surface area (Å²) in [5.41, 5.74) is 0.377. The Balaban J connectivity index is 1.52. The molecule has 4 rings (SSSR count). The van der Waals surface area contributed by atoms with Gasteiger partial charge >= 0.3 is 0 Å². The highest BCUT2D eigenvalue weighted by atomic mass is 16.2. The number of carbonyl (C=O) groups is 3. The van der Waals surface area contributed by atoms with Crippen molar-refractivity contribution in [2.24, 2.45) is 5.92 Å². The molecule has 1 aliphatic carbocycles. The maximum absolute atomic E-state index is 13.1. The van der Waals surface area contributed by atoms with Crippen molar-refractivity contribution >= 4 is 23.4 Å². The molecule has 1 saturated heterocycles. The maximum atomic E-state index is 13.1. The van der Waals surface area contributed by atoms with Crippen molar-refractivity contribution in [3.8, 4) is 0 Å². The molecule has 3 amide bonds. The molecule has 144 valence electrons. The summed E-state index contributed by atoms with van der Waals surface area (Å²) in [7, 11) is 0. The second kappa shape index (κ2) is 6.98. The molecule has 6 heteroatoms. The van der Waals surface area contributed by atoms with Gasteiger partial charge in [0, 0.05) is 13.0 Å². The zero-order valence-electron chi connectivity index (χ0n) is 15.9. The molecule has 0 spiro atoms. The van der Waals surface area contributed by atoms with Crippen molar-refractivity contribution in [3.63, 3.8) is 0 Å². The van der Waals surface area contributed by atoms with E-state index in [1.165, 1.54) is 19.3 Å². The van der Waals surface area contributed by atoms with Gasteiger partial charge in [-0.3, -0.25) is 19.3 Å². The van der Waals surface area contributed by atoms with Crippen LogP contribution < -0.4 is 10.2 Å². The third-order valence-electron chi connectivity index (χ3n) is 6.36. The Labute approximate surface area is 159 Å². The molecule has 3 aliphatic rings. The van der Waals surface area contributed by atoms with Crippen LogP contribution in [0.15, 0.2) is 24.3 Å². The number of hydrogen-bond donors (Lipinski definition) is 1. The highest BCUT2D eigenvalue weighted by Crippen LogP contribution is 2.43. The summed E-state index contributed by atoms with van der Waals surface area (Å²) in [6, 6.07) is 7.18. The number of anilines is 1. The largest absolute Gasteiger partial charge is 0.354 e. The van der Waals surface area contributed by atoms with Crippen molar-refractivity contribution in [2.45, 2.75) is 57.5 Å². The lowest BCUT2D eigenvalue weighted by atomic mass is 9.89. The zero-order valence-corrected chi connectivity index (χ0v) is 15.9. The molecule has 27 heavy (non-hydrogen) atoms. The second-order valence-corrected chi connectivity index (χ2v) is 8.16. The topological polar surface area (TPSA) is 69.7 Å². The normalized spacial score (nSPS) is 25.4. The van der Waals surface area contributed by atoms with Crippen LogP contribution in [0.3, 0.4) is 0 Å². The number of fused-ring (bicyclic) bond motifs is 3. The Morgan fingerprint density at radius 3 is 2.70 bits per heavy atom. The summed E-state index contributed by atoms with van der Waals surface area (Å²) in [6.45, 7) is 2.55. The molecule has 1 unspecified atom stereocenters. The highest BCUT2D eigenvalue weighted by Gasteiger charge is 2.53. The minimum Gasteiger partial charge on any atom is -0.354 e. The third-order valence-corrected chi connectivity index (χ3v) is 6.36. The quantitative estimate of drug-likeness (QED) is 0.887. The van der Waals surface area contributed by atoms with Gasteiger partial charge < -0.3 is 10.2 Å². The van der Waals surface area contributed by atoms with Crippen molar-refractivity contribution < 1.29 is 14.4 Å². The Kier molecular flexibility index (Phi) is 4.66. The molecule has 1 aromatic rings. The fourth-order valence-corrected chi connectivity index (χ4v) is 4.79. The lowest BCUT2D eigenvalue weighted by Crippen LogP contribution is -2.64. The molecule has 1 saturated carbocycles. The summed E-state index contributed by atoms with van der Waals surface area (Å²) < 4.78 is 0. The van der Waals surface area contributed by atoms with E-state index in [4.69, 9.17) is 0 Å². The van der Waals surface area contributed by atoms with E-state index < -0.39 is 5.66 Å². The molecule has 2 heterocycles. The van der Waals surface area contributed by atoms with E-state index >= 15 is 0 Å². The molecule has 1 N–H and O–H groups in total. The molecular weight excluding hydrogens is 342 g/mol. The van der Waals surface area contributed by atoms with Crippen LogP contribution >= 0.6 is 0 Å². The van der Waals surface area contributed by atoms with Gasteiger partial charge in [-0.15, -0.1) is 0 Å². The monoisotopic (exact) mass is 369 g/mol. The summed E-state index contributed by atoms with van der Waals surface area (Å²) in [6.07, 6.45) is 7.01. The molecule has 1 aromatic carbocycles. The number of amides is 3. The van der Waals surface area contributed by atoms with E-state index in [9.17, 15) is 14.4 Å². The number of nitrogens with one attached hydrogen (secondary N) is 1. The van der Waals surface area contributed by atoms with Crippen LogP contribution in [0.25, 0.3) is 0 Å². The van der Waals surface area contributed by atoms with Crippen molar-refractivity contribution in [1.82, 2.24) is 10.2 Å². The lowest BCUT2D eigenvalue weighted by molar-refractivity contribution is -0.124. The SMILES string of the molecule is CC12CCC(=O)N1c1ccccc1C(=O)N2CC(=O)NCC1CCCCC1. The van der Waals surface area contributed by atoms with Gasteiger partial charge in [-0.05, 0) is 44.2 Å². The van der Waals surface area contributed by atoms with E-state index in [1.54, 1.807) is 21.9 Å². The van der Waals surface area contributed by atoms with Gasteiger partial charge in [0.2, 0.25) is 11.8 Å². The second-order valence-electron chi connectivity index (χ2n) is 8.16. The first-order valence-corrected chi connectivity index (χ1v) is 10.0. The van der Waals surface area contributed by atoms with Crippen LogP contribution in [0.2, 0.25) is 0 Å². The smallest absolute Gasteiger partial charge is 0.258 e. The summed E-state index contributed by atoms with van der Waals surface area (Å²) >= 11 is 0.